The van der Waals surface area contributed by atoms with Crippen molar-refractivity contribution in [1.82, 2.24) is 30.4 Å². The van der Waals surface area contributed by atoms with Gasteiger partial charge in [-0.25, -0.2) is 4.79 Å². The fraction of sp³-hybridized carbons (Fsp3) is 0.250. The molecule has 1 atom stereocenters. The number of carbonyl (C=O) groups is 1. The molecule has 0 saturated carbocycles. The summed E-state index contributed by atoms with van der Waals surface area (Å²) in [6.45, 7) is 3.92. The molecule has 5 rings (SSSR count). The summed E-state index contributed by atoms with van der Waals surface area (Å²) in [5, 5.41) is 24.8. The van der Waals surface area contributed by atoms with E-state index in [1.165, 1.54) is 30.2 Å². The van der Waals surface area contributed by atoms with E-state index in [9.17, 15) is 4.79 Å². The summed E-state index contributed by atoms with van der Waals surface area (Å²) in [5.74, 6) is 1.07. The average molecular weight is 522 g/mol. The SMILES string of the molecule is COC(=O)C1=C(CSc2nnc(-c3ccccc3)s2)Nc2nnnn2C1c1cccc(OC(C)C)c1. The van der Waals surface area contributed by atoms with E-state index in [4.69, 9.17) is 9.47 Å². The van der Waals surface area contributed by atoms with Crippen LogP contribution < -0.4 is 10.1 Å². The molecule has 0 aliphatic carbocycles. The Bertz CT molecular complexity index is 1400. The Balaban J connectivity index is 1.49. The van der Waals surface area contributed by atoms with Crippen molar-refractivity contribution in [3.63, 3.8) is 0 Å². The number of tetrazole rings is 1. The van der Waals surface area contributed by atoms with E-state index in [-0.39, 0.29) is 6.10 Å². The maximum Gasteiger partial charge on any atom is 0.338 e. The topological polar surface area (TPSA) is 117 Å². The van der Waals surface area contributed by atoms with Crippen LogP contribution in [0.25, 0.3) is 10.6 Å². The summed E-state index contributed by atoms with van der Waals surface area (Å²) in [4.78, 5) is 13.1. The standard InChI is InChI=1S/C24H23N7O3S2/c1-14(2)34-17-11-7-10-16(12-17)20-19(22(32)33-3)18(25-23-27-29-30-31(20)23)13-35-24-28-26-21(36-24)15-8-5-4-6-9-15/h4-12,14,20H,13H2,1-3H3,(H,25,27,30). The lowest BCUT2D eigenvalue weighted by Crippen LogP contribution is -2.31. The molecular weight excluding hydrogens is 498 g/mol. The van der Waals surface area contributed by atoms with Crippen LogP contribution in [0.4, 0.5) is 5.95 Å². The smallest absolute Gasteiger partial charge is 0.338 e. The molecule has 2 aromatic carbocycles. The van der Waals surface area contributed by atoms with Gasteiger partial charge in [0.2, 0.25) is 5.95 Å². The van der Waals surface area contributed by atoms with Gasteiger partial charge in [-0.2, -0.15) is 4.68 Å². The summed E-state index contributed by atoms with van der Waals surface area (Å²) in [6, 6.07) is 16.9. The minimum atomic E-state index is -0.593. The van der Waals surface area contributed by atoms with Gasteiger partial charge in [0.25, 0.3) is 0 Å². The quantitative estimate of drug-likeness (QED) is 0.267. The van der Waals surface area contributed by atoms with Crippen molar-refractivity contribution in [2.24, 2.45) is 0 Å². The number of thioether (sulfide) groups is 1. The zero-order valence-electron chi connectivity index (χ0n) is 19.8. The lowest BCUT2D eigenvalue weighted by atomic mass is 9.95. The maximum absolute atomic E-state index is 13.1. The number of esters is 1. The molecule has 12 heteroatoms. The fourth-order valence-electron chi connectivity index (χ4n) is 3.84. The molecule has 3 heterocycles. The Kier molecular flexibility index (Phi) is 6.96. The lowest BCUT2D eigenvalue weighted by Gasteiger charge is -2.28. The van der Waals surface area contributed by atoms with Crippen LogP contribution in [0.1, 0.15) is 25.5 Å². The van der Waals surface area contributed by atoms with Gasteiger partial charge in [0.1, 0.15) is 16.8 Å². The van der Waals surface area contributed by atoms with Crippen molar-refractivity contribution in [2.75, 3.05) is 18.2 Å². The molecule has 1 aliphatic rings. The fourth-order valence-corrected chi connectivity index (χ4v) is 5.66. The molecule has 4 aromatic rings. The minimum Gasteiger partial charge on any atom is -0.491 e. The highest BCUT2D eigenvalue weighted by Crippen LogP contribution is 2.38. The zero-order valence-corrected chi connectivity index (χ0v) is 21.4. The van der Waals surface area contributed by atoms with Crippen molar-refractivity contribution in [3.8, 4) is 16.3 Å². The molecule has 36 heavy (non-hydrogen) atoms. The Morgan fingerprint density at radius 3 is 2.75 bits per heavy atom. The van der Waals surface area contributed by atoms with Crippen LogP contribution in [0.2, 0.25) is 0 Å². The molecule has 0 amide bonds. The Labute approximate surface area is 215 Å². The van der Waals surface area contributed by atoms with E-state index >= 15 is 0 Å². The number of methoxy groups -OCH3 is 1. The number of hydrogen-bond donors (Lipinski definition) is 1. The van der Waals surface area contributed by atoms with Gasteiger partial charge in [0.05, 0.1) is 18.8 Å². The van der Waals surface area contributed by atoms with Crippen molar-refractivity contribution in [3.05, 3.63) is 71.4 Å². The first-order valence-electron chi connectivity index (χ1n) is 11.2. The van der Waals surface area contributed by atoms with E-state index in [0.717, 1.165) is 20.5 Å². The zero-order chi connectivity index (χ0) is 25.1. The molecule has 1 N–H and O–H groups in total. The van der Waals surface area contributed by atoms with Gasteiger partial charge in [-0.3, -0.25) is 0 Å². The molecule has 10 nitrogen and oxygen atoms in total. The van der Waals surface area contributed by atoms with Gasteiger partial charge >= 0.3 is 5.97 Å². The van der Waals surface area contributed by atoms with E-state index in [0.29, 0.717) is 28.7 Å². The van der Waals surface area contributed by atoms with Crippen LogP contribution in [0, 0.1) is 0 Å². The van der Waals surface area contributed by atoms with Gasteiger partial charge in [-0.15, -0.1) is 10.2 Å². The predicted molar refractivity (Wildman–Crippen MR) is 137 cm³/mol. The number of nitrogens with one attached hydrogen (secondary N) is 1. The summed E-state index contributed by atoms with van der Waals surface area (Å²) >= 11 is 2.97. The normalized spacial score (nSPS) is 14.9. The predicted octanol–water partition coefficient (Wildman–Crippen LogP) is 4.21. The second-order valence-electron chi connectivity index (χ2n) is 8.13. The number of fused-ring (bicyclic) bond motifs is 1. The number of nitrogens with zero attached hydrogens (tertiary/aromatic N) is 6. The van der Waals surface area contributed by atoms with Gasteiger partial charge in [0.15, 0.2) is 4.34 Å². The monoisotopic (exact) mass is 521 g/mol. The highest BCUT2D eigenvalue weighted by molar-refractivity contribution is 8.01. The Morgan fingerprint density at radius 2 is 1.97 bits per heavy atom. The van der Waals surface area contributed by atoms with Crippen LogP contribution in [0.15, 0.2) is 70.2 Å². The third-order valence-corrected chi connectivity index (χ3v) is 7.45. The third kappa shape index (κ3) is 4.95. The molecule has 1 unspecified atom stereocenters. The number of carbonyl (C=O) groups excluding carboxylic acids is 1. The molecule has 0 fully saturated rings. The van der Waals surface area contributed by atoms with Gasteiger partial charge in [-0.05, 0) is 42.0 Å². The highest BCUT2D eigenvalue weighted by atomic mass is 32.2. The molecular formula is C24H23N7O3S2. The molecule has 0 radical (unpaired) electrons. The summed E-state index contributed by atoms with van der Waals surface area (Å²) in [6.07, 6.45) is 0.00660. The number of anilines is 1. The Morgan fingerprint density at radius 1 is 1.14 bits per heavy atom. The summed E-state index contributed by atoms with van der Waals surface area (Å²) in [7, 11) is 1.36. The van der Waals surface area contributed by atoms with Crippen LogP contribution in [0.3, 0.4) is 0 Å². The van der Waals surface area contributed by atoms with Crippen molar-refractivity contribution in [1.29, 1.82) is 0 Å². The van der Waals surface area contributed by atoms with Crippen LogP contribution >= 0.6 is 23.1 Å². The maximum atomic E-state index is 13.1. The number of benzene rings is 2. The third-order valence-electron chi connectivity index (χ3n) is 5.32. The van der Waals surface area contributed by atoms with Gasteiger partial charge in [-0.1, -0.05) is 70.7 Å². The van der Waals surface area contributed by atoms with Crippen LogP contribution in [-0.2, 0) is 9.53 Å². The van der Waals surface area contributed by atoms with Gasteiger partial charge in [0, 0.05) is 17.0 Å². The number of hydrogen-bond acceptors (Lipinski definition) is 11. The van der Waals surface area contributed by atoms with Crippen molar-refractivity contribution in [2.45, 2.75) is 30.3 Å². The molecule has 2 aromatic heterocycles. The second kappa shape index (κ2) is 10.5. The lowest BCUT2D eigenvalue weighted by molar-refractivity contribution is -0.136. The largest absolute Gasteiger partial charge is 0.491 e. The van der Waals surface area contributed by atoms with Crippen molar-refractivity contribution < 1.29 is 14.3 Å². The van der Waals surface area contributed by atoms with Gasteiger partial charge < -0.3 is 14.8 Å². The minimum absolute atomic E-state index is 0.00660. The number of rotatable bonds is 8. The van der Waals surface area contributed by atoms with Crippen LogP contribution in [-0.4, -0.2) is 55.3 Å². The van der Waals surface area contributed by atoms with Crippen LogP contribution in [0.5, 0.6) is 5.75 Å². The highest BCUT2D eigenvalue weighted by Gasteiger charge is 2.36. The van der Waals surface area contributed by atoms with E-state index in [1.54, 1.807) is 4.68 Å². The first-order valence-corrected chi connectivity index (χ1v) is 13.0. The molecule has 1 aliphatic heterocycles. The first-order chi connectivity index (χ1) is 17.5. The van der Waals surface area contributed by atoms with E-state index < -0.39 is 12.0 Å². The average Bonchev–Trinajstić information content (AvgIpc) is 3.56. The number of aromatic nitrogens is 6. The van der Waals surface area contributed by atoms with E-state index in [1.807, 2.05) is 68.4 Å². The molecule has 0 saturated heterocycles. The molecule has 0 spiro atoms. The molecule has 184 valence electrons. The van der Waals surface area contributed by atoms with Crippen molar-refractivity contribution >= 4 is 35.0 Å². The van der Waals surface area contributed by atoms with E-state index in [2.05, 4.69) is 31.0 Å². The Hall–Kier alpha value is -3.77. The summed E-state index contributed by atoms with van der Waals surface area (Å²) in [5.41, 5.74) is 2.87. The second-order valence-corrected chi connectivity index (χ2v) is 10.3. The summed E-state index contributed by atoms with van der Waals surface area (Å²) < 4.78 is 13.4. The molecule has 0 bridgehead atoms. The first kappa shape index (κ1) is 23.9. The number of ether oxygens (including phenoxy) is 2.